The zero-order valence-corrected chi connectivity index (χ0v) is 58.8. The molecule has 15 nitrogen and oxygen atoms in total. The average Bonchev–Trinajstić information content (AvgIpc) is 0.865. The molecule has 0 radical (unpaired) electrons. The van der Waals surface area contributed by atoms with Gasteiger partial charge in [-0.05, 0) is 106 Å². The average molecular weight is 1260 g/mol. The van der Waals surface area contributed by atoms with Gasteiger partial charge in [0.25, 0.3) is 0 Å². The van der Waals surface area contributed by atoms with Crippen LogP contribution in [0.15, 0.2) is 68.5 Å². The van der Waals surface area contributed by atoms with Crippen molar-refractivity contribution in [1.29, 1.82) is 0 Å². The van der Waals surface area contributed by atoms with Gasteiger partial charge in [-0.25, -0.2) is 0 Å². The van der Waals surface area contributed by atoms with Crippen LogP contribution in [0.3, 0.4) is 0 Å². The number of nitrogens with zero attached hydrogens (tertiary/aromatic N) is 4. The lowest BCUT2D eigenvalue weighted by Gasteiger charge is -2.28. The minimum Gasteiger partial charge on any atom is -0.507 e. The summed E-state index contributed by atoms with van der Waals surface area (Å²) >= 11 is 0. The summed E-state index contributed by atoms with van der Waals surface area (Å²) in [5, 5.41) is 45.8. The van der Waals surface area contributed by atoms with Gasteiger partial charge in [-0.1, -0.05) is 162 Å². The van der Waals surface area contributed by atoms with E-state index in [9.17, 15) is 20.4 Å². The van der Waals surface area contributed by atoms with Crippen molar-refractivity contribution in [3.05, 3.63) is 104 Å². The van der Waals surface area contributed by atoms with Crippen molar-refractivity contribution < 1.29 is 53.6 Å². The van der Waals surface area contributed by atoms with Crippen molar-refractivity contribution in [2.24, 2.45) is 20.0 Å². The Kier molecular flexibility index (Phi) is 26.8. The van der Waals surface area contributed by atoms with Gasteiger partial charge >= 0.3 is 0 Å². The van der Waals surface area contributed by atoms with Crippen LogP contribution in [0.4, 0.5) is 0 Å². The van der Waals surface area contributed by atoms with Gasteiger partial charge in [0.05, 0.1) is 90.2 Å². The van der Waals surface area contributed by atoms with Gasteiger partial charge in [-0.15, -0.1) is 0 Å². The van der Waals surface area contributed by atoms with E-state index in [1.807, 2.05) is 36.7 Å². The molecule has 2 saturated carbocycles. The molecule has 0 heterocycles. The molecule has 0 unspecified atom stereocenters. The van der Waals surface area contributed by atoms with Crippen LogP contribution in [0.2, 0.25) is 0 Å². The highest BCUT2D eigenvalue weighted by atomic mass is 16.6. The molecule has 4 aromatic rings. The fraction of sp³-hybridized carbons (Fsp3) is 0.632. The number of benzene rings is 4. The van der Waals surface area contributed by atoms with Crippen LogP contribution in [0.1, 0.15) is 232 Å². The van der Waals surface area contributed by atoms with Gasteiger partial charge in [-0.2, -0.15) is 0 Å². The number of aliphatic imine (C=N–C) groups is 4. The summed E-state index contributed by atoms with van der Waals surface area (Å²) in [5.41, 5.74) is 7.00. The van der Waals surface area contributed by atoms with Gasteiger partial charge in [0.2, 0.25) is 0 Å². The molecule has 4 atom stereocenters. The van der Waals surface area contributed by atoms with Crippen LogP contribution in [0.25, 0.3) is 0 Å². The van der Waals surface area contributed by atoms with Crippen molar-refractivity contribution in [3.63, 3.8) is 0 Å². The molecule has 0 aliphatic heterocycles. The predicted molar refractivity (Wildman–Crippen MR) is 372 cm³/mol. The summed E-state index contributed by atoms with van der Waals surface area (Å²) in [6, 6.07) is 15.6. The molecule has 2 fully saturated rings. The minimum absolute atomic E-state index is 0.0541. The molecule has 504 valence electrons. The maximum atomic E-state index is 11.5. The molecule has 6 rings (SSSR count). The summed E-state index contributed by atoms with van der Waals surface area (Å²) in [7, 11) is 0. The maximum Gasteiger partial charge on any atom is 0.128 e. The summed E-state index contributed by atoms with van der Waals surface area (Å²) in [6.45, 7) is 43.0. The highest BCUT2D eigenvalue weighted by Gasteiger charge is 2.30. The lowest BCUT2D eigenvalue weighted by Crippen LogP contribution is -2.27. The van der Waals surface area contributed by atoms with Crippen LogP contribution < -0.4 is 9.47 Å². The Balaban J connectivity index is 0.865. The van der Waals surface area contributed by atoms with E-state index in [-0.39, 0.29) is 79.7 Å². The number of ether oxygens (including phenoxy) is 7. The zero-order valence-electron chi connectivity index (χ0n) is 58.8. The molecule has 0 spiro atoms. The first-order chi connectivity index (χ1) is 42.6. The highest BCUT2D eigenvalue weighted by Crippen LogP contribution is 2.42. The summed E-state index contributed by atoms with van der Waals surface area (Å²) < 4.78 is 41.1. The summed E-state index contributed by atoms with van der Waals surface area (Å²) in [5.74, 6) is 2.20. The fourth-order valence-electron chi connectivity index (χ4n) is 11.3. The zero-order chi connectivity index (χ0) is 67.0. The van der Waals surface area contributed by atoms with Crippen LogP contribution >= 0.6 is 0 Å². The van der Waals surface area contributed by atoms with Crippen LogP contribution in [-0.4, -0.2) is 149 Å². The van der Waals surface area contributed by atoms with Crippen LogP contribution in [0, 0.1) is 0 Å². The standard InChI is InChI=1S/C76H114N4O11/c1-71(2,3)55-39-51(67(81)59(43-55)73(7,8)9)47-77-63-23-19-21-25-65(63)79-49-53-41-57(45-61(69(53)83)75(13,14)15)90-37-35-88-33-31-86-29-27-85-28-30-87-32-34-89-36-38-91-58-42-54(70(84)62(46-58)76(16,17)18)50-80-66-26-22-20-24-64(66)78-48-52-40-56(72(4,5)6)44-60(68(52)82)74(10,11)12/h39-50,63-66,81-84H,19-38H2,1-18H3/t63-,64-,65-,66-/m0/s1. The number of hydrogen-bond acceptors (Lipinski definition) is 15. The number of rotatable bonds is 28. The normalized spacial score (nSPS) is 18.4. The van der Waals surface area contributed by atoms with Gasteiger partial charge in [0.15, 0.2) is 0 Å². The van der Waals surface area contributed by atoms with Crippen molar-refractivity contribution in [2.75, 3.05) is 79.3 Å². The Bertz CT molecular complexity index is 2880. The second-order valence-electron chi connectivity index (χ2n) is 31.0. The van der Waals surface area contributed by atoms with Gasteiger partial charge in [0.1, 0.15) is 47.7 Å². The fourth-order valence-corrected chi connectivity index (χ4v) is 11.3. The number of phenolic OH excluding ortho intramolecular Hbond substituents is 4. The van der Waals surface area contributed by atoms with E-state index < -0.39 is 0 Å². The molecule has 91 heavy (non-hydrogen) atoms. The van der Waals surface area contributed by atoms with Crippen LogP contribution in [-0.2, 0) is 56.2 Å². The molecule has 4 N–H and O–H groups in total. The van der Waals surface area contributed by atoms with E-state index in [4.69, 9.17) is 53.1 Å². The van der Waals surface area contributed by atoms with Crippen molar-refractivity contribution in [2.45, 2.75) is 233 Å². The monoisotopic (exact) mass is 1260 g/mol. The Morgan fingerprint density at radius 1 is 0.308 bits per heavy atom. The topological polar surface area (TPSA) is 195 Å². The molecular weight excluding hydrogens is 1140 g/mol. The van der Waals surface area contributed by atoms with E-state index in [0.717, 1.165) is 95.9 Å². The molecule has 0 bridgehead atoms. The third-order valence-corrected chi connectivity index (χ3v) is 17.0. The summed E-state index contributed by atoms with van der Waals surface area (Å²) in [4.78, 5) is 20.2. The van der Waals surface area contributed by atoms with E-state index in [1.165, 1.54) is 0 Å². The lowest BCUT2D eigenvalue weighted by molar-refractivity contribution is -0.0141. The Hall–Kier alpha value is -5.84. The first kappa shape index (κ1) is 74.2. The SMILES string of the molecule is CC(C)(C)c1cc(C=N[C@H]2CCCC[C@@H]2N=Cc2cc(OCCOCCOCCOCCOCCOCCOc3cc(C=N[C@H]4CCCC[C@@H]4N=Cc4cc(C(C)(C)C)cc(C(C)(C)C)c4O)c(O)c(C(C)(C)C)c3)cc(C(C)(C)C)c2O)c(O)c(C(C)(C)C)c1. The van der Waals surface area contributed by atoms with Crippen molar-refractivity contribution in [3.8, 4) is 34.5 Å². The van der Waals surface area contributed by atoms with E-state index in [1.54, 1.807) is 12.4 Å². The van der Waals surface area contributed by atoms with Crippen LogP contribution in [0.5, 0.6) is 34.5 Å². The largest absolute Gasteiger partial charge is 0.507 e. The third-order valence-electron chi connectivity index (χ3n) is 17.0. The van der Waals surface area contributed by atoms with Gasteiger partial charge < -0.3 is 53.6 Å². The Morgan fingerprint density at radius 2 is 0.527 bits per heavy atom. The van der Waals surface area contributed by atoms with Crippen molar-refractivity contribution >= 4 is 24.9 Å². The smallest absolute Gasteiger partial charge is 0.128 e. The van der Waals surface area contributed by atoms with E-state index in [0.29, 0.717) is 102 Å². The van der Waals surface area contributed by atoms with Gasteiger partial charge in [-0.3, -0.25) is 20.0 Å². The molecule has 2 aliphatic carbocycles. The Morgan fingerprint density at radius 3 is 0.758 bits per heavy atom. The molecule has 0 aromatic heterocycles. The van der Waals surface area contributed by atoms with Gasteiger partial charge in [0, 0.05) is 69.4 Å². The maximum absolute atomic E-state index is 11.5. The van der Waals surface area contributed by atoms with Crippen molar-refractivity contribution in [1.82, 2.24) is 0 Å². The second-order valence-corrected chi connectivity index (χ2v) is 31.0. The Labute approximate surface area is 546 Å². The molecular formula is C76H114N4O11. The molecule has 4 aromatic carbocycles. The quantitative estimate of drug-likeness (QED) is 0.0312. The van der Waals surface area contributed by atoms with E-state index in [2.05, 4.69) is 149 Å². The third kappa shape index (κ3) is 22.7. The molecule has 2 aliphatic rings. The number of phenols is 4. The summed E-state index contributed by atoms with van der Waals surface area (Å²) in [6.07, 6.45) is 15.0. The molecule has 15 heteroatoms. The first-order valence-corrected chi connectivity index (χ1v) is 33.4. The first-order valence-electron chi connectivity index (χ1n) is 33.4. The second kappa shape index (κ2) is 32.8. The predicted octanol–water partition coefficient (Wildman–Crippen LogP) is 15.5. The molecule has 0 saturated heterocycles. The number of aromatic hydroxyl groups is 4. The molecule has 0 amide bonds. The minimum atomic E-state index is -0.346. The number of hydrogen-bond donors (Lipinski definition) is 4. The lowest BCUT2D eigenvalue weighted by atomic mass is 9.79. The highest BCUT2D eigenvalue weighted by molar-refractivity contribution is 5.88. The van der Waals surface area contributed by atoms with E-state index >= 15 is 0 Å².